The van der Waals surface area contributed by atoms with Crippen LogP contribution in [-0.4, -0.2) is 25.9 Å². The zero-order valence-electron chi connectivity index (χ0n) is 16.9. The second kappa shape index (κ2) is 7.83. The molecule has 31 heavy (non-hydrogen) atoms. The topological polar surface area (TPSA) is 55.1 Å². The number of hydrogen-bond acceptors (Lipinski definition) is 4. The molecule has 0 atom stereocenters. The Balaban J connectivity index is 1.64. The van der Waals surface area contributed by atoms with Crippen LogP contribution in [0.3, 0.4) is 0 Å². The van der Waals surface area contributed by atoms with E-state index in [4.69, 9.17) is 4.98 Å². The van der Waals surface area contributed by atoms with Gasteiger partial charge in [-0.3, -0.25) is 0 Å². The first kappa shape index (κ1) is 19.8. The Kier molecular flexibility index (Phi) is 5.00. The summed E-state index contributed by atoms with van der Waals surface area (Å²) in [6.07, 6.45) is 2.60. The van der Waals surface area contributed by atoms with E-state index in [0.29, 0.717) is 22.9 Å². The second-order valence-corrected chi connectivity index (χ2v) is 8.06. The van der Waals surface area contributed by atoms with Crippen molar-refractivity contribution in [1.82, 2.24) is 19.8 Å². The van der Waals surface area contributed by atoms with Crippen LogP contribution in [0.5, 0.6) is 0 Å². The highest BCUT2D eigenvalue weighted by atomic mass is 19.4. The number of alkyl halides is 3. The average molecular weight is 425 g/mol. The Bertz CT molecular complexity index is 1220. The molecule has 0 unspecified atom stereocenters. The molecule has 2 aromatic carbocycles. The van der Waals surface area contributed by atoms with Crippen molar-refractivity contribution in [2.24, 2.45) is 0 Å². The van der Waals surface area contributed by atoms with E-state index in [-0.39, 0.29) is 0 Å². The van der Waals surface area contributed by atoms with Gasteiger partial charge in [-0.1, -0.05) is 55.2 Å². The fourth-order valence-corrected chi connectivity index (χ4v) is 4.32. The standard InChI is InChI=1S/C23H22F3N5/c24-23(25,26)16-9-7-8-15(14-16)20-22-28-21(27-17-10-3-1-2-4-11-17)18-12-5-6-13-19(18)31(22)30-29-20/h5-9,12-14,17H,1-4,10-11H2,(H,27,28). The summed E-state index contributed by atoms with van der Waals surface area (Å²) >= 11 is 0. The van der Waals surface area contributed by atoms with E-state index in [9.17, 15) is 13.2 Å². The molecule has 0 spiro atoms. The van der Waals surface area contributed by atoms with Crippen LogP contribution < -0.4 is 5.32 Å². The number of nitrogens with one attached hydrogen (secondary N) is 1. The maximum absolute atomic E-state index is 13.2. The van der Waals surface area contributed by atoms with E-state index in [0.717, 1.165) is 41.7 Å². The quantitative estimate of drug-likeness (QED) is 0.403. The molecule has 1 fully saturated rings. The zero-order chi connectivity index (χ0) is 21.4. The van der Waals surface area contributed by atoms with Gasteiger partial charge in [-0.25, -0.2) is 4.98 Å². The van der Waals surface area contributed by atoms with E-state index in [1.807, 2.05) is 24.3 Å². The lowest BCUT2D eigenvalue weighted by Crippen LogP contribution is -2.19. The number of hydrogen-bond donors (Lipinski definition) is 1. The van der Waals surface area contributed by atoms with Gasteiger partial charge in [0, 0.05) is 17.0 Å². The maximum Gasteiger partial charge on any atom is 0.416 e. The lowest BCUT2D eigenvalue weighted by molar-refractivity contribution is -0.137. The molecule has 1 aliphatic carbocycles. The Labute approximate surface area is 177 Å². The summed E-state index contributed by atoms with van der Waals surface area (Å²) in [6.45, 7) is 0. The number of halogens is 3. The van der Waals surface area contributed by atoms with E-state index >= 15 is 0 Å². The fraction of sp³-hybridized carbons (Fsp3) is 0.348. The fourth-order valence-electron chi connectivity index (χ4n) is 4.32. The first-order valence-corrected chi connectivity index (χ1v) is 10.6. The van der Waals surface area contributed by atoms with Gasteiger partial charge in [0.05, 0.1) is 11.1 Å². The number of rotatable bonds is 3. The minimum Gasteiger partial charge on any atom is -0.367 e. The first-order valence-electron chi connectivity index (χ1n) is 10.6. The predicted octanol–water partition coefficient (Wildman–Crippen LogP) is 6.10. The van der Waals surface area contributed by atoms with Gasteiger partial charge in [-0.05, 0) is 37.1 Å². The van der Waals surface area contributed by atoms with Crippen molar-refractivity contribution in [1.29, 1.82) is 0 Å². The number of fused-ring (bicyclic) bond motifs is 3. The number of aromatic nitrogens is 4. The summed E-state index contributed by atoms with van der Waals surface area (Å²) in [6, 6.07) is 13.2. The molecule has 0 saturated heterocycles. The molecule has 4 aromatic rings. The molecule has 0 amide bonds. The maximum atomic E-state index is 13.2. The van der Waals surface area contributed by atoms with Crippen LogP contribution >= 0.6 is 0 Å². The third kappa shape index (κ3) is 3.82. The molecule has 1 N–H and O–H groups in total. The van der Waals surface area contributed by atoms with E-state index in [2.05, 4.69) is 15.6 Å². The van der Waals surface area contributed by atoms with Gasteiger partial charge in [-0.2, -0.15) is 17.7 Å². The summed E-state index contributed by atoms with van der Waals surface area (Å²) in [7, 11) is 0. The molecule has 160 valence electrons. The third-order valence-corrected chi connectivity index (χ3v) is 5.91. The summed E-state index contributed by atoms with van der Waals surface area (Å²) in [4.78, 5) is 4.80. The molecule has 2 heterocycles. The number of nitrogens with zero attached hydrogens (tertiary/aromatic N) is 4. The number of benzene rings is 2. The SMILES string of the molecule is FC(F)(F)c1cccc(-c2nnn3c2nc(NC2CCCCCC2)c2ccccc23)c1. The molecule has 0 radical (unpaired) electrons. The average Bonchev–Trinajstić information content (AvgIpc) is 3.02. The van der Waals surface area contributed by atoms with Crippen LogP contribution in [0.1, 0.15) is 44.1 Å². The van der Waals surface area contributed by atoms with Crippen LogP contribution in [0.2, 0.25) is 0 Å². The molecule has 1 aliphatic rings. The highest BCUT2D eigenvalue weighted by Gasteiger charge is 2.31. The van der Waals surface area contributed by atoms with Crippen LogP contribution in [0.25, 0.3) is 27.8 Å². The number of anilines is 1. The normalized spacial score (nSPS) is 16.0. The van der Waals surface area contributed by atoms with Crippen molar-refractivity contribution in [3.63, 3.8) is 0 Å². The van der Waals surface area contributed by atoms with Gasteiger partial charge in [0.1, 0.15) is 11.5 Å². The van der Waals surface area contributed by atoms with Crippen LogP contribution in [0.4, 0.5) is 19.0 Å². The lowest BCUT2D eigenvalue weighted by Gasteiger charge is -2.18. The Morgan fingerprint density at radius 3 is 2.48 bits per heavy atom. The van der Waals surface area contributed by atoms with Crippen LogP contribution in [-0.2, 0) is 6.18 Å². The van der Waals surface area contributed by atoms with E-state index < -0.39 is 11.7 Å². The molecular formula is C23H22F3N5. The third-order valence-electron chi connectivity index (χ3n) is 5.91. The van der Waals surface area contributed by atoms with Crippen molar-refractivity contribution in [2.75, 3.05) is 5.32 Å². The summed E-state index contributed by atoms with van der Waals surface area (Å²) in [5.74, 6) is 0.727. The molecule has 0 aliphatic heterocycles. The predicted molar refractivity (Wildman–Crippen MR) is 114 cm³/mol. The Morgan fingerprint density at radius 2 is 1.71 bits per heavy atom. The molecule has 1 saturated carbocycles. The van der Waals surface area contributed by atoms with Gasteiger partial charge in [0.25, 0.3) is 0 Å². The monoisotopic (exact) mass is 425 g/mol. The van der Waals surface area contributed by atoms with Gasteiger partial charge in [0.15, 0.2) is 5.65 Å². The summed E-state index contributed by atoms with van der Waals surface area (Å²) in [5, 5.41) is 12.9. The molecule has 5 nitrogen and oxygen atoms in total. The van der Waals surface area contributed by atoms with Crippen molar-refractivity contribution in [3.05, 3.63) is 54.1 Å². The number of para-hydroxylation sites is 1. The van der Waals surface area contributed by atoms with E-state index in [1.54, 1.807) is 10.6 Å². The Hall–Kier alpha value is -3.16. The largest absolute Gasteiger partial charge is 0.416 e. The zero-order valence-corrected chi connectivity index (χ0v) is 16.9. The molecule has 0 bridgehead atoms. The molecule has 5 rings (SSSR count). The highest BCUT2D eigenvalue weighted by molar-refractivity contribution is 5.93. The summed E-state index contributed by atoms with van der Waals surface area (Å²) in [5.41, 5.74) is 1.21. The van der Waals surface area contributed by atoms with Crippen LogP contribution in [0.15, 0.2) is 48.5 Å². The smallest absolute Gasteiger partial charge is 0.367 e. The molecule has 8 heteroatoms. The second-order valence-electron chi connectivity index (χ2n) is 8.06. The van der Waals surface area contributed by atoms with Crippen molar-refractivity contribution < 1.29 is 13.2 Å². The van der Waals surface area contributed by atoms with Crippen molar-refractivity contribution in [3.8, 4) is 11.3 Å². The Morgan fingerprint density at radius 1 is 0.935 bits per heavy atom. The summed E-state index contributed by atoms with van der Waals surface area (Å²) < 4.78 is 41.3. The van der Waals surface area contributed by atoms with Gasteiger partial charge >= 0.3 is 6.18 Å². The molecular weight excluding hydrogens is 403 g/mol. The van der Waals surface area contributed by atoms with Gasteiger partial charge < -0.3 is 5.32 Å². The van der Waals surface area contributed by atoms with Crippen LogP contribution in [0, 0.1) is 0 Å². The van der Waals surface area contributed by atoms with E-state index in [1.165, 1.54) is 31.7 Å². The minimum atomic E-state index is -4.43. The first-order chi connectivity index (χ1) is 15.0. The van der Waals surface area contributed by atoms with Gasteiger partial charge in [-0.15, -0.1) is 5.10 Å². The molecule has 2 aromatic heterocycles. The highest BCUT2D eigenvalue weighted by Crippen LogP contribution is 2.34. The van der Waals surface area contributed by atoms with Crippen molar-refractivity contribution in [2.45, 2.75) is 50.7 Å². The van der Waals surface area contributed by atoms with Crippen molar-refractivity contribution >= 4 is 22.4 Å². The van der Waals surface area contributed by atoms with Gasteiger partial charge in [0.2, 0.25) is 0 Å². The minimum absolute atomic E-state index is 0.328. The lowest BCUT2D eigenvalue weighted by atomic mass is 10.1.